The Balaban J connectivity index is 2.31. The van der Waals surface area contributed by atoms with Gasteiger partial charge in [0.15, 0.2) is 5.75 Å². The summed E-state index contributed by atoms with van der Waals surface area (Å²) in [7, 11) is 0. The van der Waals surface area contributed by atoms with Gasteiger partial charge in [0.1, 0.15) is 5.75 Å². The Bertz CT molecular complexity index is 517. The van der Waals surface area contributed by atoms with Gasteiger partial charge < -0.3 is 10.5 Å². The van der Waals surface area contributed by atoms with Crippen LogP contribution in [0.3, 0.4) is 0 Å². The fraction of sp³-hybridized carbons (Fsp3) is 0. The minimum absolute atomic E-state index is 0.511. The van der Waals surface area contributed by atoms with Gasteiger partial charge in [-0.2, -0.15) is 0 Å². The summed E-state index contributed by atoms with van der Waals surface area (Å²) in [6.07, 6.45) is 3.19. The molecule has 0 amide bonds. The maximum atomic E-state index is 5.74. The molecule has 5 heteroatoms. The molecule has 0 aliphatic rings. The fourth-order valence-electron chi connectivity index (χ4n) is 1.16. The molecule has 0 saturated heterocycles. The largest absolute Gasteiger partial charge is 0.454 e. The van der Waals surface area contributed by atoms with Crippen LogP contribution in [0, 0.1) is 0 Å². The lowest BCUT2D eigenvalue weighted by Gasteiger charge is -2.09. The number of aromatic nitrogens is 1. The Morgan fingerprint density at radius 3 is 2.62 bits per heavy atom. The molecule has 0 atom stereocenters. The van der Waals surface area contributed by atoms with E-state index in [-0.39, 0.29) is 0 Å². The summed E-state index contributed by atoms with van der Waals surface area (Å²) in [6.45, 7) is 0. The number of halogens is 2. The number of rotatable bonds is 2. The van der Waals surface area contributed by atoms with Crippen LogP contribution >= 0.6 is 31.9 Å². The molecule has 16 heavy (non-hydrogen) atoms. The first-order valence-corrected chi connectivity index (χ1v) is 6.08. The van der Waals surface area contributed by atoms with Crippen LogP contribution in [0.5, 0.6) is 11.5 Å². The minimum Gasteiger partial charge on any atom is -0.454 e. The van der Waals surface area contributed by atoms with Crippen LogP contribution in [0.1, 0.15) is 0 Å². The first-order chi connectivity index (χ1) is 7.66. The molecule has 2 N–H and O–H groups in total. The molecule has 0 unspecified atom stereocenters. The molecule has 2 rings (SSSR count). The van der Waals surface area contributed by atoms with Crippen LogP contribution in [0.4, 0.5) is 5.69 Å². The topological polar surface area (TPSA) is 48.1 Å². The van der Waals surface area contributed by atoms with E-state index in [1.54, 1.807) is 18.5 Å². The van der Waals surface area contributed by atoms with Gasteiger partial charge in [0.2, 0.25) is 0 Å². The van der Waals surface area contributed by atoms with E-state index in [1.165, 1.54) is 0 Å². The number of pyridine rings is 1. The highest BCUT2D eigenvalue weighted by Gasteiger charge is 2.05. The van der Waals surface area contributed by atoms with Crippen LogP contribution in [0.2, 0.25) is 0 Å². The number of nitrogen functional groups attached to an aromatic ring is 1. The molecule has 0 aliphatic heterocycles. The third-order valence-corrected chi connectivity index (χ3v) is 3.04. The lowest BCUT2D eigenvalue weighted by atomic mass is 10.3. The highest BCUT2D eigenvalue weighted by Crippen LogP contribution is 2.33. The van der Waals surface area contributed by atoms with Gasteiger partial charge in [-0.05, 0) is 34.1 Å². The van der Waals surface area contributed by atoms with E-state index < -0.39 is 0 Å². The third kappa shape index (κ3) is 2.54. The molecule has 1 aromatic heterocycles. The molecule has 2 aromatic rings. The lowest BCUT2D eigenvalue weighted by molar-refractivity contribution is 0.481. The second-order valence-corrected chi connectivity index (χ2v) is 4.86. The maximum absolute atomic E-state index is 5.74. The number of ether oxygens (including phenoxy) is 1. The zero-order valence-corrected chi connectivity index (χ0v) is 11.3. The Morgan fingerprint density at radius 2 is 1.94 bits per heavy atom. The molecule has 0 aliphatic carbocycles. The van der Waals surface area contributed by atoms with Crippen molar-refractivity contribution in [3.05, 3.63) is 45.6 Å². The van der Waals surface area contributed by atoms with E-state index in [9.17, 15) is 0 Å². The smallest absolute Gasteiger partial charge is 0.153 e. The van der Waals surface area contributed by atoms with E-state index in [1.807, 2.05) is 18.2 Å². The van der Waals surface area contributed by atoms with E-state index in [2.05, 4.69) is 36.8 Å². The van der Waals surface area contributed by atoms with E-state index in [0.717, 1.165) is 8.95 Å². The number of nitrogens with two attached hydrogens (primary N) is 1. The molecule has 3 nitrogen and oxygen atoms in total. The number of benzene rings is 1. The van der Waals surface area contributed by atoms with Crippen LogP contribution in [0.25, 0.3) is 0 Å². The van der Waals surface area contributed by atoms with Crippen LogP contribution in [-0.4, -0.2) is 4.98 Å². The molecule has 1 aromatic carbocycles. The molecule has 82 valence electrons. The summed E-state index contributed by atoms with van der Waals surface area (Å²) in [5.74, 6) is 1.30. The van der Waals surface area contributed by atoms with E-state index in [0.29, 0.717) is 17.2 Å². The fourth-order valence-corrected chi connectivity index (χ4v) is 2.29. The normalized spacial score (nSPS) is 10.1. The van der Waals surface area contributed by atoms with Gasteiger partial charge in [-0.25, -0.2) is 0 Å². The Hall–Kier alpha value is -1.07. The van der Waals surface area contributed by atoms with Crippen molar-refractivity contribution in [2.24, 2.45) is 0 Å². The van der Waals surface area contributed by atoms with Crippen molar-refractivity contribution in [2.75, 3.05) is 5.73 Å². The van der Waals surface area contributed by atoms with Gasteiger partial charge >= 0.3 is 0 Å². The van der Waals surface area contributed by atoms with Crippen molar-refractivity contribution >= 4 is 37.5 Å². The predicted octanol–water partition coefficient (Wildman–Crippen LogP) is 3.98. The zero-order valence-electron chi connectivity index (χ0n) is 8.15. The second-order valence-electron chi connectivity index (χ2n) is 3.09. The molecule has 0 saturated carbocycles. The third-order valence-electron chi connectivity index (χ3n) is 1.92. The van der Waals surface area contributed by atoms with Crippen molar-refractivity contribution in [2.45, 2.75) is 0 Å². The Kier molecular flexibility index (Phi) is 3.46. The summed E-state index contributed by atoms with van der Waals surface area (Å²) >= 11 is 6.79. The number of hydrogen-bond donors (Lipinski definition) is 1. The van der Waals surface area contributed by atoms with Gasteiger partial charge in [-0.15, -0.1) is 0 Å². The van der Waals surface area contributed by atoms with Crippen molar-refractivity contribution in [3.8, 4) is 11.5 Å². The average Bonchev–Trinajstić information content (AvgIpc) is 2.25. The first-order valence-electron chi connectivity index (χ1n) is 4.49. The summed E-state index contributed by atoms with van der Waals surface area (Å²) in [5, 5.41) is 0. The van der Waals surface area contributed by atoms with Crippen LogP contribution in [0.15, 0.2) is 45.6 Å². The Labute approximate surface area is 110 Å². The molecule has 0 spiro atoms. The molecule has 1 heterocycles. The van der Waals surface area contributed by atoms with Crippen LogP contribution in [-0.2, 0) is 0 Å². The average molecular weight is 344 g/mol. The molecule has 0 radical (unpaired) electrons. The summed E-state index contributed by atoms with van der Waals surface area (Å²) in [6, 6.07) is 7.39. The molecule has 0 bridgehead atoms. The zero-order chi connectivity index (χ0) is 11.5. The SMILES string of the molecule is Nc1cnccc1Oc1ccc(Br)cc1Br. The molecular weight excluding hydrogens is 336 g/mol. The number of anilines is 1. The highest BCUT2D eigenvalue weighted by molar-refractivity contribution is 9.11. The molecule has 0 fully saturated rings. The summed E-state index contributed by atoms with van der Waals surface area (Å²) in [4.78, 5) is 3.90. The lowest BCUT2D eigenvalue weighted by Crippen LogP contribution is -1.93. The van der Waals surface area contributed by atoms with Crippen molar-refractivity contribution in [1.29, 1.82) is 0 Å². The number of hydrogen-bond acceptors (Lipinski definition) is 3. The first kappa shape index (κ1) is 11.4. The molecular formula is C11H8Br2N2O. The summed E-state index contributed by atoms with van der Waals surface area (Å²) in [5.41, 5.74) is 6.25. The standard InChI is InChI=1S/C11H8Br2N2O/c12-7-1-2-10(8(13)5-7)16-11-3-4-15-6-9(11)14/h1-6H,14H2. The maximum Gasteiger partial charge on any atom is 0.153 e. The minimum atomic E-state index is 0.511. The Morgan fingerprint density at radius 1 is 1.12 bits per heavy atom. The van der Waals surface area contributed by atoms with Gasteiger partial charge in [-0.3, -0.25) is 4.98 Å². The van der Waals surface area contributed by atoms with Crippen molar-refractivity contribution in [3.63, 3.8) is 0 Å². The van der Waals surface area contributed by atoms with Crippen molar-refractivity contribution < 1.29 is 4.74 Å². The summed E-state index contributed by atoms with van der Waals surface area (Å²) < 4.78 is 7.50. The van der Waals surface area contributed by atoms with Gasteiger partial charge in [0.25, 0.3) is 0 Å². The van der Waals surface area contributed by atoms with Gasteiger partial charge in [0.05, 0.1) is 16.4 Å². The highest BCUT2D eigenvalue weighted by atomic mass is 79.9. The monoisotopic (exact) mass is 342 g/mol. The number of nitrogens with zero attached hydrogens (tertiary/aromatic N) is 1. The van der Waals surface area contributed by atoms with E-state index in [4.69, 9.17) is 10.5 Å². The van der Waals surface area contributed by atoms with Gasteiger partial charge in [0, 0.05) is 16.7 Å². The predicted molar refractivity (Wildman–Crippen MR) is 70.6 cm³/mol. The van der Waals surface area contributed by atoms with Crippen molar-refractivity contribution in [1.82, 2.24) is 4.98 Å². The second kappa shape index (κ2) is 4.84. The quantitative estimate of drug-likeness (QED) is 0.897. The van der Waals surface area contributed by atoms with Gasteiger partial charge in [-0.1, -0.05) is 15.9 Å². The van der Waals surface area contributed by atoms with E-state index >= 15 is 0 Å². The van der Waals surface area contributed by atoms with Crippen LogP contribution < -0.4 is 10.5 Å².